The molecule has 1 aromatic rings. The van der Waals surface area contributed by atoms with Crippen LogP contribution in [-0.2, 0) is 14.8 Å². The van der Waals surface area contributed by atoms with Crippen LogP contribution in [-0.4, -0.2) is 26.6 Å². The first kappa shape index (κ1) is 15.2. The summed E-state index contributed by atoms with van der Waals surface area (Å²) in [4.78, 5) is 13.1. The van der Waals surface area contributed by atoms with E-state index >= 15 is 0 Å². The molecule has 0 aliphatic carbocycles. The number of hydrogen-bond donors (Lipinski definition) is 2. The van der Waals surface area contributed by atoms with Crippen molar-refractivity contribution >= 4 is 43.2 Å². The summed E-state index contributed by atoms with van der Waals surface area (Å²) in [7, 11) is -3.67. The molecule has 1 saturated heterocycles. The van der Waals surface area contributed by atoms with E-state index in [-0.39, 0.29) is 36.0 Å². The van der Waals surface area contributed by atoms with E-state index in [0.717, 1.165) is 0 Å². The lowest BCUT2D eigenvalue weighted by molar-refractivity contribution is -0.117. The van der Waals surface area contributed by atoms with Crippen LogP contribution in [0.2, 0.25) is 0 Å². The molecular formula is C11H13BrFN3O3S. The molecule has 1 unspecified atom stereocenters. The molecule has 0 spiro atoms. The van der Waals surface area contributed by atoms with Gasteiger partial charge in [-0.05, 0) is 12.1 Å². The molecule has 1 atom stereocenters. The van der Waals surface area contributed by atoms with Crippen LogP contribution in [0.15, 0.2) is 16.6 Å². The lowest BCUT2D eigenvalue weighted by Crippen LogP contribution is -2.28. The van der Waals surface area contributed by atoms with Crippen LogP contribution >= 0.6 is 15.9 Å². The van der Waals surface area contributed by atoms with Gasteiger partial charge in [0, 0.05) is 23.4 Å². The molecule has 1 heterocycles. The van der Waals surface area contributed by atoms with Gasteiger partial charge in [-0.25, -0.2) is 17.9 Å². The van der Waals surface area contributed by atoms with Crippen molar-refractivity contribution in [2.24, 2.45) is 11.1 Å². The van der Waals surface area contributed by atoms with E-state index in [9.17, 15) is 17.6 Å². The molecule has 4 N–H and O–H groups in total. The fourth-order valence-electron chi connectivity index (χ4n) is 2.31. The van der Waals surface area contributed by atoms with Crippen molar-refractivity contribution in [2.45, 2.75) is 6.42 Å². The zero-order valence-corrected chi connectivity index (χ0v) is 12.7. The lowest BCUT2D eigenvalue weighted by atomic mass is 10.1. The van der Waals surface area contributed by atoms with Gasteiger partial charge in [-0.2, -0.15) is 0 Å². The molecule has 1 fully saturated rings. The van der Waals surface area contributed by atoms with Gasteiger partial charge in [0.1, 0.15) is 11.5 Å². The second kappa shape index (κ2) is 5.30. The van der Waals surface area contributed by atoms with Gasteiger partial charge in [-0.1, -0.05) is 15.9 Å². The molecule has 1 aromatic carbocycles. The summed E-state index contributed by atoms with van der Waals surface area (Å²) in [6, 6.07) is 2.69. The molecule has 20 heavy (non-hydrogen) atoms. The van der Waals surface area contributed by atoms with E-state index in [0.29, 0.717) is 4.47 Å². The number of anilines is 2. The van der Waals surface area contributed by atoms with Crippen LogP contribution in [0, 0.1) is 11.7 Å². The summed E-state index contributed by atoms with van der Waals surface area (Å²) in [6.07, 6.45) is 0.00533. The lowest BCUT2D eigenvalue weighted by Gasteiger charge is -2.19. The molecule has 0 bridgehead atoms. The van der Waals surface area contributed by atoms with Crippen LogP contribution in [0.4, 0.5) is 15.8 Å². The summed E-state index contributed by atoms with van der Waals surface area (Å²) in [5, 5.41) is 4.96. The zero-order valence-electron chi connectivity index (χ0n) is 10.3. The molecule has 1 amide bonds. The van der Waals surface area contributed by atoms with Crippen molar-refractivity contribution in [3.05, 3.63) is 22.4 Å². The van der Waals surface area contributed by atoms with Crippen LogP contribution in [0.5, 0.6) is 0 Å². The highest BCUT2D eigenvalue weighted by molar-refractivity contribution is 9.10. The van der Waals surface area contributed by atoms with E-state index in [1.54, 1.807) is 0 Å². The summed E-state index contributed by atoms with van der Waals surface area (Å²) >= 11 is 3.10. The summed E-state index contributed by atoms with van der Waals surface area (Å²) in [5.74, 6) is -1.78. The number of primary sulfonamides is 1. The van der Waals surface area contributed by atoms with E-state index in [2.05, 4.69) is 15.9 Å². The first-order valence-corrected chi connectivity index (χ1v) is 8.23. The van der Waals surface area contributed by atoms with E-state index in [1.165, 1.54) is 17.0 Å². The SMILES string of the molecule is Nc1cc(Br)cc(F)c1N1CC(CS(N)(=O)=O)CC1=O. The number of carbonyl (C=O) groups is 1. The Hall–Kier alpha value is -1.19. The van der Waals surface area contributed by atoms with E-state index in [1.807, 2.05) is 0 Å². The maximum Gasteiger partial charge on any atom is 0.227 e. The highest BCUT2D eigenvalue weighted by atomic mass is 79.9. The van der Waals surface area contributed by atoms with Gasteiger partial charge in [0.25, 0.3) is 0 Å². The maximum absolute atomic E-state index is 14.0. The Morgan fingerprint density at radius 2 is 2.10 bits per heavy atom. The van der Waals surface area contributed by atoms with Gasteiger partial charge in [-0.15, -0.1) is 0 Å². The molecule has 0 saturated carbocycles. The van der Waals surface area contributed by atoms with Crippen molar-refractivity contribution in [3.8, 4) is 0 Å². The number of halogens is 2. The van der Waals surface area contributed by atoms with Crippen molar-refractivity contribution < 1.29 is 17.6 Å². The number of carbonyl (C=O) groups excluding carboxylic acids is 1. The number of hydrogen-bond acceptors (Lipinski definition) is 4. The van der Waals surface area contributed by atoms with Gasteiger partial charge in [0.05, 0.1) is 11.4 Å². The Bertz CT molecular complexity index is 642. The Morgan fingerprint density at radius 3 is 2.65 bits per heavy atom. The number of sulfonamides is 1. The Labute approximate surface area is 124 Å². The van der Waals surface area contributed by atoms with Crippen LogP contribution in [0.25, 0.3) is 0 Å². The number of amides is 1. The average molecular weight is 366 g/mol. The first-order chi connectivity index (χ1) is 9.17. The topological polar surface area (TPSA) is 106 Å². The smallest absolute Gasteiger partial charge is 0.227 e. The molecule has 1 aliphatic rings. The number of rotatable bonds is 3. The molecular weight excluding hydrogens is 353 g/mol. The van der Waals surface area contributed by atoms with Gasteiger partial charge in [0.15, 0.2) is 0 Å². The number of benzene rings is 1. The zero-order chi connectivity index (χ0) is 15.1. The van der Waals surface area contributed by atoms with Gasteiger partial charge < -0.3 is 10.6 Å². The minimum absolute atomic E-state index is 0.00533. The third kappa shape index (κ3) is 3.28. The highest BCUT2D eigenvalue weighted by Crippen LogP contribution is 2.34. The van der Waals surface area contributed by atoms with Gasteiger partial charge >= 0.3 is 0 Å². The van der Waals surface area contributed by atoms with Crippen molar-refractivity contribution in [3.63, 3.8) is 0 Å². The van der Waals surface area contributed by atoms with Crippen molar-refractivity contribution in [1.82, 2.24) is 0 Å². The van der Waals surface area contributed by atoms with Gasteiger partial charge in [-0.3, -0.25) is 4.79 Å². The second-order valence-corrected chi connectivity index (χ2v) is 7.30. The predicted octanol–water partition coefficient (Wildman–Crippen LogP) is 0.812. The minimum Gasteiger partial charge on any atom is -0.397 e. The Balaban J connectivity index is 2.29. The molecule has 9 heteroatoms. The Kier molecular flexibility index (Phi) is 4.03. The van der Waals surface area contributed by atoms with Crippen LogP contribution in [0.3, 0.4) is 0 Å². The monoisotopic (exact) mass is 365 g/mol. The largest absolute Gasteiger partial charge is 0.397 e. The molecule has 2 rings (SSSR count). The predicted molar refractivity (Wildman–Crippen MR) is 76.9 cm³/mol. The van der Waals surface area contributed by atoms with Crippen molar-refractivity contribution in [2.75, 3.05) is 22.9 Å². The second-order valence-electron chi connectivity index (χ2n) is 4.73. The number of nitrogens with zero attached hydrogens (tertiary/aromatic N) is 1. The fourth-order valence-corrected chi connectivity index (χ4v) is 3.64. The third-order valence-electron chi connectivity index (χ3n) is 3.00. The Morgan fingerprint density at radius 1 is 1.45 bits per heavy atom. The number of nitrogens with two attached hydrogens (primary N) is 2. The number of nitrogen functional groups attached to an aromatic ring is 1. The molecule has 1 aliphatic heterocycles. The first-order valence-electron chi connectivity index (χ1n) is 5.72. The summed E-state index contributed by atoms with van der Waals surface area (Å²) in [5.41, 5.74) is 5.82. The van der Waals surface area contributed by atoms with E-state index in [4.69, 9.17) is 10.9 Å². The standard InChI is InChI=1S/C11H13BrFN3O3S/c12-7-2-8(13)11(9(14)3-7)16-4-6(1-10(16)17)5-20(15,18)19/h2-3,6H,1,4-5,14H2,(H2,15,18,19). The summed E-state index contributed by atoms with van der Waals surface area (Å²) < 4.78 is 36.5. The van der Waals surface area contributed by atoms with Crippen LogP contribution < -0.4 is 15.8 Å². The normalized spacial score (nSPS) is 19.6. The third-order valence-corrected chi connectivity index (χ3v) is 4.39. The summed E-state index contributed by atoms with van der Waals surface area (Å²) in [6.45, 7) is 0.0814. The van der Waals surface area contributed by atoms with Gasteiger partial charge in [0.2, 0.25) is 15.9 Å². The van der Waals surface area contributed by atoms with Crippen LogP contribution in [0.1, 0.15) is 6.42 Å². The highest BCUT2D eigenvalue weighted by Gasteiger charge is 2.35. The average Bonchev–Trinajstić information content (AvgIpc) is 2.55. The molecule has 110 valence electrons. The fraction of sp³-hybridized carbons (Fsp3) is 0.364. The molecule has 0 aromatic heterocycles. The van der Waals surface area contributed by atoms with E-state index < -0.39 is 21.8 Å². The van der Waals surface area contributed by atoms with Crippen molar-refractivity contribution in [1.29, 1.82) is 0 Å². The minimum atomic E-state index is -3.67. The molecule has 0 radical (unpaired) electrons. The quantitative estimate of drug-likeness (QED) is 0.772. The molecule has 6 nitrogen and oxygen atoms in total. The maximum atomic E-state index is 14.0.